The molecule has 0 saturated heterocycles. The van der Waals surface area contributed by atoms with Crippen molar-refractivity contribution in [3.05, 3.63) is 71.6 Å². The smallest absolute Gasteiger partial charge is 0.332 e. The molecule has 30 heavy (non-hydrogen) atoms. The highest BCUT2D eigenvalue weighted by molar-refractivity contribution is 5.97. The van der Waals surface area contributed by atoms with Crippen LogP contribution in [0.2, 0.25) is 0 Å². The largest absolute Gasteiger partial charge is 0.492 e. The minimum Gasteiger partial charge on any atom is -0.492 e. The fraction of sp³-hybridized carbons (Fsp3) is 0.273. The number of ether oxygens (including phenoxy) is 3. The summed E-state index contributed by atoms with van der Waals surface area (Å²) in [6, 6.07) is 10.9. The van der Waals surface area contributed by atoms with E-state index in [4.69, 9.17) is 14.2 Å². The number of rotatable bonds is 3. The lowest BCUT2D eigenvalue weighted by Crippen LogP contribution is -2.54. The number of hydrogen-bond acceptors (Lipinski definition) is 8. The maximum absolute atomic E-state index is 12.8. The summed E-state index contributed by atoms with van der Waals surface area (Å²) < 4.78 is 17.8. The van der Waals surface area contributed by atoms with Crippen LogP contribution in [0.5, 0.6) is 5.75 Å². The number of cyclic esters (lactones) is 2. The molecule has 0 fully saturated rings. The molecule has 1 aromatic carbocycles. The van der Waals surface area contributed by atoms with Crippen LogP contribution >= 0.6 is 0 Å². The quantitative estimate of drug-likeness (QED) is 0.768. The summed E-state index contributed by atoms with van der Waals surface area (Å²) in [5, 5.41) is 3.16. The van der Waals surface area contributed by atoms with Crippen LogP contribution in [-0.4, -0.2) is 48.6 Å². The van der Waals surface area contributed by atoms with E-state index in [1.165, 1.54) is 0 Å². The monoisotopic (exact) mass is 405 g/mol. The first-order chi connectivity index (χ1) is 14.7. The van der Waals surface area contributed by atoms with Crippen LogP contribution in [0.15, 0.2) is 59.7 Å². The van der Waals surface area contributed by atoms with E-state index in [0.29, 0.717) is 42.5 Å². The van der Waals surface area contributed by atoms with Crippen molar-refractivity contribution in [1.29, 1.82) is 0 Å². The molecule has 3 aliphatic heterocycles. The van der Waals surface area contributed by atoms with Gasteiger partial charge in [0, 0.05) is 36.9 Å². The molecule has 4 heterocycles. The molecular formula is C22H19N3O5. The molecule has 0 aliphatic carbocycles. The third kappa shape index (κ3) is 2.92. The fourth-order valence-electron chi connectivity index (χ4n) is 4.07. The lowest BCUT2D eigenvalue weighted by Gasteiger charge is -2.40. The van der Waals surface area contributed by atoms with Crippen LogP contribution in [-0.2, 0) is 31.1 Å². The zero-order chi connectivity index (χ0) is 20.6. The van der Waals surface area contributed by atoms with E-state index in [1.807, 2.05) is 18.2 Å². The Morgan fingerprint density at radius 1 is 1.07 bits per heavy atom. The average Bonchev–Trinajstić information content (AvgIpc) is 3.46. The summed E-state index contributed by atoms with van der Waals surface area (Å²) in [7, 11) is 0. The van der Waals surface area contributed by atoms with Crippen molar-refractivity contribution in [2.24, 2.45) is 4.99 Å². The number of nitrogens with zero attached hydrogens (tertiary/aromatic N) is 2. The molecule has 1 aromatic heterocycles. The zero-order valence-electron chi connectivity index (χ0n) is 16.0. The fourth-order valence-corrected chi connectivity index (χ4v) is 4.07. The Labute approximate surface area is 172 Å². The van der Waals surface area contributed by atoms with Gasteiger partial charge in [0.1, 0.15) is 11.6 Å². The number of nitrogens with one attached hydrogen (secondary N) is 1. The number of pyridine rings is 1. The first-order valence-corrected chi connectivity index (χ1v) is 9.75. The van der Waals surface area contributed by atoms with E-state index < -0.39 is 23.6 Å². The summed E-state index contributed by atoms with van der Waals surface area (Å²) >= 11 is 0. The van der Waals surface area contributed by atoms with Crippen molar-refractivity contribution in [1.82, 2.24) is 10.3 Å². The minimum atomic E-state index is -1.58. The molecule has 3 aliphatic rings. The third-order valence-corrected chi connectivity index (χ3v) is 5.33. The van der Waals surface area contributed by atoms with Crippen LogP contribution in [0.4, 0.5) is 0 Å². The Balaban J connectivity index is 1.82. The van der Waals surface area contributed by atoms with Crippen LogP contribution in [0.25, 0.3) is 0 Å². The Kier molecular flexibility index (Phi) is 4.46. The molecular weight excluding hydrogens is 386 g/mol. The number of fused-ring (bicyclic) bond motifs is 1. The Hall–Kier alpha value is -3.68. The maximum atomic E-state index is 12.8. The van der Waals surface area contributed by atoms with Gasteiger partial charge in [0.25, 0.3) is 0 Å². The summed E-state index contributed by atoms with van der Waals surface area (Å²) in [6.07, 6.45) is 3.39. The van der Waals surface area contributed by atoms with Crippen molar-refractivity contribution >= 4 is 17.8 Å². The molecule has 1 N–H and O–H groups in total. The molecule has 0 amide bonds. The summed E-state index contributed by atoms with van der Waals surface area (Å²) in [5.74, 6) is -0.314. The molecule has 2 atom stereocenters. The number of carbonyl (C=O) groups excluding carboxylic acids is 2. The van der Waals surface area contributed by atoms with Gasteiger partial charge in [0.05, 0.1) is 18.8 Å². The molecule has 8 nitrogen and oxygen atoms in total. The number of carbonyl (C=O) groups is 2. The van der Waals surface area contributed by atoms with Crippen LogP contribution in [0.1, 0.15) is 16.8 Å². The number of benzene rings is 1. The van der Waals surface area contributed by atoms with E-state index in [9.17, 15) is 9.59 Å². The summed E-state index contributed by atoms with van der Waals surface area (Å²) in [4.78, 5) is 34.2. The van der Waals surface area contributed by atoms with Crippen molar-refractivity contribution in [3.8, 4) is 5.75 Å². The molecule has 0 radical (unpaired) electrons. The number of amidine groups is 1. The van der Waals surface area contributed by atoms with Gasteiger partial charge in [0.2, 0.25) is 11.7 Å². The first kappa shape index (κ1) is 18.4. The van der Waals surface area contributed by atoms with Gasteiger partial charge in [-0.05, 0) is 17.7 Å². The molecule has 0 saturated carbocycles. The normalized spacial score (nSPS) is 26.3. The number of aliphatic imine (C=N–C) groups is 1. The number of esters is 2. The molecule has 152 valence electrons. The number of aromatic nitrogens is 1. The van der Waals surface area contributed by atoms with E-state index >= 15 is 0 Å². The van der Waals surface area contributed by atoms with Crippen LogP contribution in [0.3, 0.4) is 0 Å². The highest BCUT2D eigenvalue weighted by atomic mass is 16.6. The highest BCUT2D eigenvalue weighted by Gasteiger charge is 2.55. The van der Waals surface area contributed by atoms with E-state index in [-0.39, 0.29) is 0 Å². The first-order valence-electron chi connectivity index (χ1n) is 9.75. The molecule has 0 bridgehead atoms. The standard InChI is InChI=1S/C22H19N3O5/c26-17-7-8-18(27)30-22(16-6-1-2-10-23-16,20(29-17)21-24-11-12-25-21)15-5-3-4-14-9-13-28-19(14)15/h1-8,10,20H,9,11-13H2,(H,24,25)/b8-7+. The SMILES string of the molecule is O=C1/C=C/C(=O)OC(c2ccccn2)(c2cccc3c2OCC3)C(C2=NCCN2)O1. The predicted octanol–water partition coefficient (Wildman–Crippen LogP) is 1.29. The second-order valence-electron chi connectivity index (χ2n) is 7.11. The van der Waals surface area contributed by atoms with Gasteiger partial charge in [-0.15, -0.1) is 0 Å². The summed E-state index contributed by atoms with van der Waals surface area (Å²) in [5.41, 5.74) is 0.383. The van der Waals surface area contributed by atoms with Crippen molar-refractivity contribution < 1.29 is 23.8 Å². The predicted molar refractivity (Wildman–Crippen MR) is 106 cm³/mol. The van der Waals surface area contributed by atoms with Gasteiger partial charge in [-0.3, -0.25) is 9.98 Å². The van der Waals surface area contributed by atoms with Gasteiger partial charge in [0.15, 0.2) is 0 Å². The van der Waals surface area contributed by atoms with Crippen molar-refractivity contribution in [2.45, 2.75) is 18.1 Å². The lowest BCUT2D eigenvalue weighted by atomic mass is 9.81. The van der Waals surface area contributed by atoms with Crippen molar-refractivity contribution in [2.75, 3.05) is 19.7 Å². The van der Waals surface area contributed by atoms with Crippen LogP contribution < -0.4 is 10.1 Å². The molecule has 8 heteroatoms. The van der Waals surface area contributed by atoms with Gasteiger partial charge >= 0.3 is 11.9 Å². The Bertz CT molecular complexity index is 1070. The van der Waals surface area contributed by atoms with Gasteiger partial charge < -0.3 is 19.5 Å². The van der Waals surface area contributed by atoms with Crippen molar-refractivity contribution in [3.63, 3.8) is 0 Å². The maximum Gasteiger partial charge on any atom is 0.332 e. The minimum absolute atomic E-state index is 0.409. The van der Waals surface area contributed by atoms with Gasteiger partial charge in [-0.2, -0.15) is 0 Å². The molecule has 0 spiro atoms. The Morgan fingerprint density at radius 2 is 1.97 bits per heavy atom. The van der Waals surface area contributed by atoms with Gasteiger partial charge in [-0.1, -0.05) is 24.3 Å². The van der Waals surface area contributed by atoms with Gasteiger partial charge in [-0.25, -0.2) is 9.59 Å². The summed E-state index contributed by atoms with van der Waals surface area (Å²) in [6.45, 7) is 1.63. The second kappa shape index (κ2) is 7.29. The zero-order valence-corrected chi connectivity index (χ0v) is 16.0. The number of para-hydroxylation sites is 1. The van der Waals surface area contributed by atoms with E-state index in [2.05, 4.69) is 15.3 Å². The Morgan fingerprint density at radius 3 is 2.77 bits per heavy atom. The number of hydrogen-bond donors (Lipinski definition) is 1. The van der Waals surface area contributed by atoms with E-state index in [0.717, 1.165) is 24.1 Å². The lowest BCUT2D eigenvalue weighted by molar-refractivity contribution is -0.171. The average molecular weight is 405 g/mol. The topological polar surface area (TPSA) is 99.1 Å². The van der Waals surface area contributed by atoms with E-state index in [1.54, 1.807) is 24.4 Å². The second-order valence-corrected chi connectivity index (χ2v) is 7.11. The van der Waals surface area contributed by atoms with Crippen LogP contribution in [0, 0.1) is 0 Å². The molecule has 2 aromatic rings. The highest BCUT2D eigenvalue weighted by Crippen LogP contribution is 2.46. The molecule has 5 rings (SSSR count). The third-order valence-electron chi connectivity index (χ3n) is 5.33. The molecule has 2 unspecified atom stereocenters.